The van der Waals surface area contributed by atoms with Crippen LogP contribution in [0.2, 0.25) is 0 Å². The predicted molar refractivity (Wildman–Crippen MR) is 78.0 cm³/mol. The fourth-order valence-electron chi connectivity index (χ4n) is 2.53. The van der Waals surface area contributed by atoms with Gasteiger partial charge in [-0.15, -0.1) is 0 Å². The van der Waals surface area contributed by atoms with E-state index in [1.165, 1.54) is 6.92 Å². The van der Waals surface area contributed by atoms with Crippen LogP contribution in [0.25, 0.3) is 0 Å². The third-order valence-corrected chi connectivity index (χ3v) is 4.05. The number of nitriles is 1. The summed E-state index contributed by atoms with van der Waals surface area (Å²) in [4.78, 5) is 11.6. The average Bonchev–Trinajstić information content (AvgIpc) is 2.99. The summed E-state index contributed by atoms with van der Waals surface area (Å²) in [5.74, 6) is 0.474. The lowest BCUT2D eigenvalue weighted by Crippen LogP contribution is -2.37. The molecule has 1 atom stereocenters. The van der Waals surface area contributed by atoms with E-state index in [1.54, 1.807) is 25.3 Å². The Labute approximate surface area is 124 Å². The zero-order chi connectivity index (χ0) is 15.5. The number of rotatable bonds is 5. The molecule has 5 nitrogen and oxygen atoms in total. The summed E-state index contributed by atoms with van der Waals surface area (Å²) in [6, 6.07) is 7.05. The Morgan fingerprint density at radius 2 is 2.05 bits per heavy atom. The molecule has 0 spiro atoms. The highest BCUT2D eigenvalue weighted by Crippen LogP contribution is 2.35. The van der Waals surface area contributed by atoms with Crippen LogP contribution in [0, 0.1) is 11.3 Å². The minimum Gasteiger partial charge on any atom is -0.493 e. The molecule has 0 aliphatic heterocycles. The second kappa shape index (κ2) is 6.04. The Bertz CT molecular complexity index is 573. The SMILES string of the molecule is COc1ccc(C(C)(C#N)C(N)=O)cc1OC1CCCC1. The highest BCUT2D eigenvalue weighted by molar-refractivity contribution is 5.89. The first-order chi connectivity index (χ1) is 10.0. The molecule has 1 unspecified atom stereocenters. The van der Waals surface area contributed by atoms with Gasteiger partial charge in [-0.1, -0.05) is 6.07 Å². The summed E-state index contributed by atoms with van der Waals surface area (Å²) in [5.41, 5.74) is 4.51. The van der Waals surface area contributed by atoms with Crippen LogP contribution in [0.1, 0.15) is 38.2 Å². The Morgan fingerprint density at radius 1 is 1.38 bits per heavy atom. The highest BCUT2D eigenvalue weighted by Gasteiger charge is 2.34. The third-order valence-electron chi connectivity index (χ3n) is 4.05. The molecule has 1 aliphatic carbocycles. The molecule has 2 N–H and O–H groups in total. The van der Waals surface area contributed by atoms with E-state index in [2.05, 4.69) is 0 Å². The molecule has 5 heteroatoms. The molecular formula is C16H20N2O3. The number of methoxy groups -OCH3 is 1. The van der Waals surface area contributed by atoms with Crippen molar-refractivity contribution >= 4 is 5.91 Å². The van der Waals surface area contributed by atoms with Gasteiger partial charge in [-0.25, -0.2) is 0 Å². The van der Waals surface area contributed by atoms with Gasteiger partial charge in [0.15, 0.2) is 16.9 Å². The zero-order valence-corrected chi connectivity index (χ0v) is 12.4. The number of ether oxygens (including phenoxy) is 2. The lowest BCUT2D eigenvalue weighted by atomic mass is 9.83. The molecule has 0 radical (unpaired) electrons. The van der Waals surface area contributed by atoms with Crippen LogP contribution >= 0.6 is 0 Å². The number of carbonyl (C=O) groups excluding carboxylic acids is 1. The van der Waals surface area contributed by atoms with Crippen molar-refractivity contribution in [1.82, 2.24) is 0 Å². The molecule has 1 saturated carbocycles. The molecule has 0 bridgehead atoms. The lowest BCUT2D eigenvalue weighted by molar-refractivity contribution is -0.121. The number of hydrogen-bond donors (Lipinski definition) is 1. The van der Waals surface area contributed by atoms with Crippen LogP contribution in [-0.2, 0) is 10.2 Å². The van der Waals surface area contributed by atoms with E-state index in [4.69, 9.17) is 15.2 Å². The summed E-state index contributed by atoms with van der Waals surface area (Å²) >= 11 is 0. The van der Waals surface area contributed by atoms with E-state index >= 15 is 0 Å². The molecule has 2 rings (SSSR count). The molecule has 112 valence electrons. The first-order valence-corrected chi connectivity index (χ1v) is 7.07. The van der Waals surface area contributed by atoms with Crippen LogP contribution in [-0.4, -0.2) is 19.1 Å². The van der Waals surface area contributed by atoms with Crippen molar-refractivity contribution in [2.75, 3.05) is 7.11 Å². The molecule has 1 aliphatic rings. The number of primary amides is 1. The van der Waals surface area contributed by atoms with E-state index in [-0.39, 0.29) is 6.10 Å². The molecule has 0 heterocycles. The first-order valence-electron chi connectivity index (χ1n) is 7.07. The van der Waals surface area contributed by atoms with Crippen LogP contribution in [0.4, 0.5) is 0 Å². The van der Waals surface area contributed by atoms with Gasteiger partial charge in [-0.2, -0.15) is 5.26 Å². The normalized spacial score (nSPS) is 17.8. The summed E-state index contributed by atoms with van der Waals surface area (Å²) in [6.45, 7) is 1.51. The van der Waals surface area contributed by atoms with Gasteiger partial charge in [0.25, 0.3) is 0 Å². The van der Waals surface area contributed by atoms with Crippen molar-refractivity contribution in [3.8, 4) is 17.6 Å². The van der Waals surface area contributed by atoms with Crippen LogP contribution in [0.3, 0.4) is 0 Å². The van der Waals surface area contributed by atoms with Gasteiger partial charge in [0.05, 0.1) is 19.3 Å². The number of benzene rings is 1. The Balaban J connectivity index is 2.37. The van der Waals surface area contributed by atoms with E-state index in [0.29, 0.717) is 17.1 Å². The van der Waals surface area contributed by atoms with Gasteiger partial charge in [-0.05, 0) is 50.3 Å². The van der Waals surface area contributed by atoms with Crippen molar-refractivity contribution in [2.45, 2.75) is 44.1 Å². The molecular weight excluding hydrogens is 268 g/mol. The fourth-order valence-corrected chi connectivity index (χ4v) is 2.53. The molecule has 21 heavy (non-hydrogen) atoms. The van der Waals surface area contributed by atoms with Crippen LogP contribution < -0.4 is 15.2 Å². The Kier molecular flexibility index (Phi) is 4.37. The van der Waals surface area contributed by atoms with E-state index < -0.39 is 11.3 Å². The molecule has 1 aromatic carbocycles. The minimum atomic E-state index is -1.37. The fraction of sp³-hybridized carbons (Fsp3) is 0.500. The topological polar surface area (TPSA) is 85.3 Å². The summed E-state index contributed by atoms with van der Waals surface area (Å²) in [5, 5.41) is 9.29. The second-order valence-corrected chi connectivity index (χ2v) is 5.49. The van der Waals surface area contributed by atoms with Crippen molar-refractivity contribution in [1.29, 1.82) is 5.26 Å². The van der Waals surface area contributed by atoms with Crippen molar-refractivity contribution < 1.29 is 14.3 Å². The number of hydrogen-bond acceptors (Lipinski definition) is 4. The predicted octanol–water partition coefficient (Wildman–Crippen LogP) is 2.28. The minimum absolute atomic E-state index is 0.163. The molecule has 0 saturated heterocycles. The average molecular weight is 288 g/mol. The maximum absolute atomic E-state index is 11.6. The maximum Gasteiger partial charge on any atom is 0.242 e. The van der Waals surface area contributed by atoms with Crippen molar-refractivity contribution in [3.05, 3.63) is 23.8 Å². The summed E-state index contributed by atoms with van der Waals surface area (Å²) in [6.07, 6.45) is 4.50. The van der Waals surface area contributed by atoms with E-state index in [1.807, 2.05) is 6.07 Å². The van der Waals surface area contributed by atoms with Gasteiger partial charge in [-0.3, -0.25) is 4.79 Å². The largest absolute Gasteiger partial charge is 0.493 e. The Hall–Kier alpha value is -2.22. The highest BCUT2D eigenvalue weighted by atomic mass is 16.5. The monoisotopic (exact) mass is 288 g/mol. The van der Waals surface area contributed by atoms with Gasteiger partial charge in [0.2, 0.25) is 5.91 Å². The van der Waals surface area contributed by atoms with Gasteiger partial charge >= 0.3 is 0 Å². The number of amides is 1. The number of nitrogens with two attached hydrogens (primary N) is 1. The lowest BCUT2D eigenvalue weighted by Gasteiger charge is -2.21. The van der Waals surface area contributed by atoms with Crippen LogP contribution in [0.15, 0.2) is 18.2 Å². The molecule has 0 aromatic heterocycles. The zero-order valence-electron chi connectivity index (χ0n) is 12.4. The standard InChI is InChI=1S/C16H20N2O3/c1-16(10-17,15(18)19)11-7-8-13(20-2)14(9-11)21-12-5-3-4-6-12/h7-9,12H,3-6H2,1-2H3,(H2,18,19). The third kappa shape index (κ3) is 2.94. The first kappa shape index (κ1) is 15.2. The maximum atomic E-state index is 11.6. The molecule has 1 fully saturated rings. The van der Waals surface area contributed by atoms with E-state index in [9.17, 15) is 10.1 Å². The second-order valence-electron chi connectivity index (χ2n) is 5.49. The van der Waals surface area contributed by atoms with Gasteiger partial charge < -0.3 is 15.2 Å². The summed E-state index contributed by atoms with van der Waals surface area (Å²) in [7, 11) is 1.56. The van der Waals surface area contributed by atoms with Crippen molar-refractivity contribution in [3.63, 3.8) is 0 Å². The number of nitrogens with zero attached hydrogens (tertiary/aromatic N) is 1. The molecule has 1 amide bonds. The Morgan fingerprint density at radius 3 is 2.57 bits per heavy atom. The number of carbonyl (C=O) groups is 1. The van der Waals surface area contributed by atoms with Gasteiger partial charge in [0.1, 0.15) is 0 Å². The molecule has 1 aromatic rings. The van der Waals surface area contributed by atoms with Gasteiger partial charge in [0, 0.05) is 0 Å². The van der Waals surface area contributed by atoms with Crippen LogP contribution in [0.5, 0.6) is 11.5 Å². The summed E-state index contributed by atoms with van der Waals surface area (Å²) < 4.78 is 11.3. The smallest absolute Gasteiger partial charge is 0.242 e. The van der Waals surface area contributed by atoms with Crippen molar-refractivity contribution in [2.24, 2.45) is 5.73 Å². The van der Waals surface area contributed by atoms with E-state index in [0.717, 1.165) is 25.7 Å². The quantitative estimate of drug-likeness (QED) is 0.900.